The van der Waals surface area contributed by atoms with Crippen molar-refractivity contribution >= 4 is 22.4 Å². The molecule has 0 aliphatic heterocycles. The zero-order chi connectivity index (χ0) is 14.8. The van der Waals surface area contributed by atoms with Crippen LogP contribution in [-0.2, 0) is 6.54 Å². The molecule has 21 heavy (non-hydrogen) atoms. The number of halogens is 1. The summed E-state index contributed by atoms with van der Waals surface area (Å²) in [5, 5.41) is 2.64. The minimum Gasteiger partial charge on any atom is -0.438 e. The van der Waals surface area contributed by atoms with Crippen LogP contribution in [0.25, 0.3) is 10.8 Å². The highest BCUT2D eigenvalue weighted by atomic mass is 35.5. The molecule has 4 heteroatoms. The van der Waals surface area contributed by atoms with Gasteiger partial charge in [-0.15, -0.1) is 0 Å². The van der Waals surface area contributed by atoms with E-state index < -0.39 is 0 Å². The van der Waals surface area contributed by atoms with Gasteiger partial charge >= 0.3 is 0 Å². The molecule has 0 amide bonds. The maximum Gasteiger partial charge on any atom is 0.227 e. The van der Waals surface area contributed by atoms with Crippen molar-refractivity contribution < 1.29 is 4.74 Å². The van der Waals surface area contributed by atoms with Crippen molar-refractivity contribution in [2.75, 3.05) is 0 Å². The van der Waals surface area contributed by atoms with Crippen molar-refractivity contribution in [3.63, 3.8) is 0 Å². The smallest absolute Gasteiger partial charge is 0.227 e. The molecule has 0 aliphatic rings. The Morgan fingerprint density at radius 3 is 2.76 bits per heavy atom. The summed E-state index contributed by atoms with van der Waals surface area (Å²) < 4.78 is 5.99. The van der Waals surface area contributed by atoms with Crippen LogP contribution in [0, 0.1) is 6.92 Å². The van der Waals surface area contributed by atoms with Crippen LogP contribution < -0.4 is 10.5 Å². The van der Waals surface area contributed by atoms with Gasteiger partial charge in [-0.25, -0.2) is 4.98 Å². The van der Waals surface area contributed by atoms with E-state index in [1.54, 1.807) is 6.07 Å². The first kappa shape index (κ1) is 13.9. The van der Waals surface area contributed by atoms with E-state index in [0.29, 0.717) is 23.2 Å². The third-order valence-electron chi connectivity index (χ3n) is 3.32. The van der Waals surface area contributed by atoms with Gasteiger partial charge in [0.25, 0.3) is 0 Å². The Morgan fingerprint density at radius 2 is 1.95 bits per heavy atom. The van der Waals surface area contributed by atoms with E-state index in [-0.39, 0.29) is 0 Å². The highest BCUT2D eigenvalue weighted by Gasteiger charge is 2.09. The van der Waals surface area contributed by atoms with E-state index in [4.69, 9.17) is 22.1 Å². The standard InChI is InChI=1S/C17H15ClN2O/c1-11-6-7-13(18)9-16(11)21-17-15-5-3-2-4-12(15)8-14(10-19)20-17/h2-9H,10,19H2,1H3. The lowest BCUT2D eigenvalue weighted by Gasteiger charge is -2.12. The van der Waals surface area contributed by atoms with Crippen molar-refractivity contribution in [3.05, 3.63) is 64.8 Å². The van der Waals surface area contributed by atoms with Crippen LogP contribution in [0.1, 0.15) is 11.3 Å². The molecule has 3 aromatic rings. The first-order chi connectivity index (χ1) is 10.2. The summed E-state index contributed by atoms with van der Waals surface area (Å²) in [6.07, 6.45) is 0. The van der Waals surface area contributed by atoms with E-state index in [0.717, 1.165) is 22.0 Å². The number of aryl methyl sites for hydroxylation is 1. The maximum absolute atomic E-state index is 6.04. The quantitative estimate of drug-likeness (QED) is 0.777. The van der Waals surface area contributed by atoms with Gasteiger partial charge in [0, 0.05) is 17.0 Å². The summed E-state index contributed by atoms with van der Waals surface area (Å²) in [7, 11) is 0. The molecule has 0 radical (unpaired) electrons. The first-order valence-corrected chi connectivity index (χ1v) is 7.08. The molecule has 1 heterocycles. The Morgan fingerprint density at radius 1 is 1.14 bits per heavy atom. The summed E-state index contributed by atoms with van der Waals surface area (Å²) in [6.45, 7) is 2.34. The van der Waals surface area contributed by atoms with Gasteiger partial charge in [0.15, 0.2) is 0 Å². The Balaban J connectivity index is 2.13. The van der Waals surface area contributed by atoms with Crippen LogP contribution in [0.3, 0.4) is 0 Å². The van der Waals surface area contributed by atoms with Crippen molar-refractivity contribution in [2.45, 2.75) is 13.5 Å². The molecule has 1 aromatic heterocycles. The number of nitrogens with zero attached hydrogens (tertiary/aromatic N) is 1. The minimum atomic E-state index is 0.371. The zero-order valence-corrected chi connectivity index (χ0v) is 12.4. The van der Waals surface area contributed by atoms with Gasteiger partial charge in [0.1, 0.15) is 5.75 Å². The van der Waals surface area contributed by atoms with Crippen molar-refractivity contribution in [3.8, 4) is 11.6 Å². The lowest BCUT2D eigenvalue weighted by molar-refractivity contribution is 0.463. The van der Waals surface area contributed by atoms with Crippen LogP contribution in [0.2, 0.25) is 5.02 Å². The lowest BCUT2D eigenvalue weighted by atomic mass is 10.1. The fourth-order valence-electron chi connectivity index (χ4n) is 2.19. The average Bonchev–Trinajstić information content (AvgIpc) is 2.50. The molecule has 0 spiro atoms. The number of benzene rings is 2. The molecule has 0 unspecified atom stereocenters. The third kappa shape index (κ3) is 2.84. The molecule has 0 bridgehead atoms. The molecule has 3 rings (SSSR count). The zero-order valence-electron chi connectivity index (χ0n) is 11.6. The molecule has 106 valence electrons. The fraction of sp³-hybridized carbons (Fsp3) is 0.118. The van der Waals surface area contributed by atoms with E-state index in [1.165, 1.54) is 0 Å². The van der Waals surface area contributed by atoms with Crippen LogP contribution >= 0.6 is 11.6 Å². The molecule has 0 saturated heterocycles. The van der Waals surface area contributed by atoms with Crippen molar-refractivity contribution in [1.82, 2.24) is 4.98 Å². The van der Waals surface area contributed by atoms with E-state index in [9.17, 15) is 0 Å². The summed E-state index contributed by atoms with van der Waals surface area (Å²) in [5.41, 5.74) is 7.52. The number of ether oxygens (including phenoxy) is 1. The van der Waals surface area contributed by atoms with Gasteiger partial charge in [-0.2, -0.15) is 0 Å². The topological polar surface area (TPSA) is 48.1 Å². The number of aromatic nitrogens is 1. The second-order valence-electron chi connectivity index (χ2n) is 4.86. The van der Waals surface area contributed by atoms with Gasteiger partial charge in [-0.1, -0.05) is 35.9 Å². The SMILES string of the molecule is Cc1ccc(Cl)cc1Oc1nc(CN)cc2ccccc12. The van der Waals surface area contributed by atoms with Crippen LogP contribution in [0.4, 0.5) is 0 Å². The predicted molar refractivity (Wildman–Crippen MR) is 85.9 cm³/mol. The number of hydrogen-bond donors (Lipinski definition) is 1. The van der Waals surface area contributed by atoms with Gasteiger partial charge < -0.3 is 10.5 Å². The number of pyridine rings is 1. The fourth-order valence-corrected chi connectivity index (χ4v) is 2.35. The molecule has 0 saturated carbocycles. The summed E-state index contributed by atoms with van der Waals surface area (Å²) in [6, 6.07) is 15.5. The summed E-state index contributed by atoms with van der Waals surface area (Å²) in [5.74, 6) is 1.26. The summed E-state index contributed by atoms with van der Waals surface area (Å²) >= 11 is 6.04. The molecule has 0 aliphatic carbocycles. The molecule has 2 aromatic carbocycles. The van der Waals surface area contributed by atoms with E-state index in [1.807, 2.05) is 49.4 Å². The molecular weight excluding hydrogens is 284 g/mol. The van der Waals surface area contributed by atoms with E-state index in [2.05, 4.69) is 4.98 Å². The number of rotatable bonds is 3. The monoisotopic (exact) mass is 298 g/mol. The molecule has 0 fully saturated rings. The van der Waals surface area contributed by atoms with Crippen molar-refractivity contribution in [2.24, 2.45) is 5.73 Å². The third-order valence-corrected chi connectivity index (χ3v) is 3.56. The largest absolute Gasteiger partial charge is 0.438 e. The van der Waals surface area contributed by atoms with Gasteiger partial charge in [0.05, 0.1) is 5.69 Å². The van der Waals surface area contributed by atoms with Gasteiger partial charge in [-0.05, 0) is 42.1 Å². The number of hydrogen-bond acceptors (Lipinski definition) is 3. The minimum absolute atomic E-state index is 0.371. The second kappa shape index (κ2) is 5.72. The molecule has 3 nitrogen and oxygen atoms in total. The van der Waals surface area contributed by atoms with Crippen LogP contribution in [-0.4, -0.2) is 4.98 Å². The van der Waals surface area contributed by atoms with E-state index >= 15 is 0 Å². The molecule has 2 N–H and O–H groups in total. The Hall–Kier alpha value is -2.10. The summed E-state index contributed by atoms with van der Waals surface area (Å²) in [4.78, 5) is 4.50. The lowest BCUT2D eigenvalue weighted by Crippen LogP contribution is -2.01. The predicted octanol–water partition coefficient (Wildman–Crippen LogP) is 4.45. The maximum atomic E-state index is 6.04. The molecule has 0 atom stereocenters. The van der Waals surface area contributed by atoms with Gasteiger partial charge in [0.2, 0.25) is 5.88 Å². The Bertz CT molecular complexity index is 802. The first-order valence-electron chi connectivity index (χ1n) is 6.70. The number of nitrogens with two attached hydrogens (primary N) is 1. The molecular formula is C17H15ClN2O. The average molecular weight is 299 g/mol. The van der Waals surface area contributed by atoms with Crippen LogP contribution in [0.5, 0.6) is 11.6 Å². The second-order valence-corrected chi connectivity index (χ2v) is 5.29. The Labute approximate surface area is 128 Å². The van der Waals surface area contributed by atoms with Gasteiger partial charge in [-0.3, -0.25) is 0 Å². The number of fused-ring (bicyclic) bond motifs is 1. The highest BCUT2D eigenvalue weighted by Crippen LogP contribution is 2.31. The van der Waals surface area contributed by atoms with Crippen molar-refractivity contribution in [1.29, 1.82) is 0 Å². The normalized spacial score (nSPS) is 10.8. The Kier molecular flexibility index (Phi) is 3.78. The van der Waals surface area contributed by atoms with Crippen LogP contribution in [0.15, 0.2) is 48.5 Å². The highest BCUT2D eigenvalue weighted by molar-refractivity contribution is 6.30.